The van der Waals surface area contributed by atoms with E-state index >= 15 is 0 Å². The fourth-order valence-corrected chi connectivity index (χ4v) is 2.45. The second-order valence-corrected chi connectivity index (χ2v) is 5.45. The zero-order valence-corrected chi connectivity index (χ0v) is 12.7. The Hall–Kier alpha value is -1.44. The monoisotopic (exact) mass is 274 g/mol. The highest BCUT2D eigenvalue weighted by molar-refractivity contribution is 6.09. The molecule has 0 aliphatic carbocycles. The number of carbonyl (C=O) groups excluding carboxylic acids is 2. The molecule has 0 heterocycles. The van der Waals surface area contributed by atoms with E-state index in [9.17, 15) is 9.59 Å². The summed E-state index contributed by atoms with van der Waals surface area (Å²) in [5, 5.41) is 0. The Balaban J connectivity index is 2.45. The van der Waals surface area contributed by atoms with Crippen molar-refractivity contribution in [1.82, 2.24) is 0 Å². The molecule has 0 radical (unpaired) electrons. The Morgan fingerprint density at radius 2 is 1.55 bits per heavy atom. The minimum atomic E-state index is -0.455. The van der Waals surface area contributed by atoms with Crippen molar-refractivity contribution in [2.45, 2.75) is 58.8 Å². The first-order valence-corrected chi connectivity index (χ1v) is 7.76. The van der Waals surface area contributed by atoms with Gasteiger partial charge in [0.15, 0.2) is 5.78 Å². The number of hydrogen-bond donors (Lipinski definition) is 0. The zero-order chi connectivity index (χ0) is 14.8. The van der Waals surface area contributed by atoms with Gasteiger partial charge in [0.1, 0.15) is 5.78 Å². The molecule has 2 nitrogen and oxygen atoms in total. The summed E-state index contributed by atoms with van der Waals surface area (Å²) < 4.78 is 0. The van der Waals surface area contributed by atoms with Gasteiger partial charge in [-0.1, -0.05) is 75.8 Å². The van der Waals surface area contributed by atoms with E-state index in [1.165, 1.54) is 32.6 Å². The van der Waals surface area contributed by atoms with E-state index in [1.54, 1.807) is 12.1 Å². The molecular formula is C18H26O2. The first-order valence-electron chi connectivity index (χ1n) is 7.76. The normalized spacial score (nSPS) is 12.1. The highest BCUT2D eigenvalue weighted by atomic mass is 16.1. The Morgan fingerprint density at radius 1 is 0.950 bits per heavy atom. The zero-order valence-electron chi connectivity index (χ0n) is 12.7. The highest BCUT2D eigenvalue weighted by Crippen LogP contribution is 2.18. The lowest BCUT2D eigenvalue weighted by molar-refractivity contribution is -0.119. The van der Waals surface area contributed by atoms with E-state index < -0.39 is 5.92 Å². The number of ketones is 2. The van der Waals surface area contributed by atoms with Gasteiger partial charge in [-0.3, -0.25) is 9.59 Å². The van der Waals surface area contributed by atoms with Crippen molar-refractivity contribution in [1.29, 1.82) is 0 Å². The van der Waals surface area contributed by atoms with Crippen LogP contribution in [0.1, 0.15) is 69.2 Å². The van der Waals surface area contributed by atoms with E-state index in [1.807, 2.05) is 18.2 Å². The molecule has 1 unspecified atom stereocenters. The molecule has 110 valence electrons. The van der Waals surface area contributed by atoms with Crippen molar-refractivity contribution >= 4 is 11.6 Å². The van der Waals surface area contributed by atoms with Gasteiger partial charge in [-0.25, -0.2) is 0 Å². The average Bonchev–Trinajstić information content (AvgIpc) is 2.46. The minimum absolute atomic E-state index is 0.00703. The summed E-state index contributed by atoms with van der Waals surface area (Å²) in [7, 11) is 0. The van der Waals surface area contributed by atoms with E-state index in [0.29, 0.717) is 12.0 Å². The maximum atomic E-state index is 12.3. The third-order valence-electron chi connectivity index (χ3n) is 3.71. The Bertz CT molecular complexity index is 409. The standard InChI is InChI=1S/C18H26O2/c1-3-4-5-6-7-11-14-17(15(2)19)18(20)16-12-9-8-10-13-16/h8-10,12-13,17H,3-7,11,14H2,1-2H3. The summed E-state index contributed by atoms with van der Waals surface area (Å²) in [6, 6.07) is 9.15. The molecule has 1 aromatic carbocycles. The molecule has 0 bridgehead atoms. The topological polar surface area (TPSA) is 34.1 Å². The van der Waals surface area contributed by atoms with Crippen LogP contribution in [0.5, 0.6) is 0 Å². The van der Waals surface area contributed by atoms with Crippen molar-refractivity contribution in [2.75, 3.05) is 0 Å². The molecular weight excluding hydrogens is 248 g/mol. The van der Waals surface area contributed by atoms with Gasteiger partial charge in [0.25, 0.3) is 0 Å². The van der Waals surface area contributed by atoms with E-state index in [0.717, 1.165) is 12.8 Å². The molecule has 1 aromatic rings. The maximum Gasteiger partial charge on any atom is 0.173 e. The lowest BCUT2D eigenvalue weighted by Gasteiger charge is -2.12. The average molecular weight is 274 g/mol. The van der Waals surface area contributed by atoms with Crippen molar-refractivity contribution in [3.05, 3.63) is 35.9 Å². The molecule has 2 heteroatoms. The largest absolute Gasteiger partial charge is 0.299 e. The fourth-order valence-electron chi connectivity index (χ4n) is 2.45. The maximum absolute atomic E-state index is 12.3. The lowest BCUT2D eigenvalue weighted by Crippen LogP contribution is -2.22. The van der Waals surface area contributed by atoms with Gasteiger partial charge >= 0.3 is 0 Å². The number of Topliss-reactive ketones (excluding diaryl/α,β-unsaturated/α-hetero) is 2. The molecule has 0 spiro atoms. The van der Waals surface area contributed by atoms with Gasteiger partial charge in [0.05, 0.1) is 5.92 Å². The second kappa shape index (κ2) is 9.46. The van der Waals surface area contributed by atoms with Crippen LogP contribution in [0.15, 0.2) is 30.3 Å². The molecule has 0 aliphatic heterocycles. The van der Waals surface area contributed by atoms with Crippen LogP contribution >= 0.6 is 0 Å². The van der Waals surface area contributed by atoms with Gasteiger partial charge < -0.3 is 0 Å². The minimum Gasteiger partial charge on any atom is -0.299 e. The van der Waals surface area contributed by atoms with Crippen LogP contribution in [0.4, 0.5) is 0 Å². The first kappa shape index (κ1) is 16.6. The summed E-state index contributed by atoms with van der Waals surface area (Å²) in [6.45, 7) is 3.73. The van der Waals surface area contributed by atoms with Crippen LogP contribution in [0.3, 0.4) is 0 Å². The Kier molecular flexibility index (Phi) is 7.86. The Morgan fingerprint density at radius 3 is 2.15 bits per heavy atom. The molecule has 0 saturated heterocycles. The molecule has 0 saturated carbocycles. The van der Waals surface area contributed by atoms with E-state index in [-0.39, 0.29) is 11.6 Å². The van der Waals surface area contributed by atoms with Crippen LogP contribution in [0, 0.1) is 5.92 Å². The molecule has 20 heavy (non-hydrogen) atoms. The number of rotatable bonds is 10. The first-order chi connectivity index (χ1) is 9.66. The fraction of sp³-hybridized carbons (Fsp3) is 0.556. The molecule has 0 aliphatic rings. The van der Waals surface area contributed by atoms with Crippen molar-refractivity contribution < 1.29 is 9.59 Å². The number of carbonyl (C=O) groups is 2. The quantitative estimate of drug-likeness (QED) is 0.348. The van der Waals surface area contributed by atoms with E-state index in [2.05, 4.69) is 6.92 Å². The van der Waals surface area contributed by atoms with Gasteiger partial charge in [-0.2, -0.15) is 0 Å². The van der Waals surface area contributed by atoms with Crippen LogP contribution in [-0.4, -0.2) is 11.6 Å². The highest BCUT2D eigenvalue weighted by Gasteiger charge is 2.23. The number of unbranched alkanes of at least 4 members (excludes halogenated alkanes) is 5. The predicted molar refractivity (Wildman–Crippen MR) is 82.9 cm³/mol. The SMILES string of the molecule is CCCCCCCCC(C(C)=O)C(=O)c1ccccc1. The summed E-state index contributed by atoms with van der Waals surface area (Å²) in [6.07, 6.45) is 7.75. The lowest BCUT2D eigenvalue weighted by atomic mass is 9.89. The summed E-state index contributed by atoms with van der Waals surface area (Å²) in [4.78, 5) is 24.0. The van der Waals surface area contributed by atoms with Crippen LogP contribution in [0.25, 0.3) is 0 Å². The Labute approximate surface area is 122 Å². The van der Waals surface area contributed by atoms with Gasteiger partial charge in [0.2, 0.25) is 0 Å². The summed E-state index contributed by atoms with van der Waals surface area (Å²) in [5.41, 5.74) is 0.652. The van der Waals surface area contributed by atoms with Crippen molar-refractivity contribution in [3.8, 4) is 0 Å². The van der Waals surface area contributed by atoms with E-state index in [4.69, 9.17) is 0 Å². The smallest absolute Gasteiger partial charge is 0.173 e. The molecule has 0 N–H and O–H groups in total. The third kappa shape index (κ3) is 5.68. The second-order valence-electron chi connectivity index (χ2n) is 5.45. The molecule has 1 atom stereocenters. The molecule has 1 rings (SSSR count). The van der Waals surface area contributed by atoms with Crippen LogP contribution in [-0.2, 0) is 4.79 Å². The number of hydrogen-bond acceptors (Lipinski definition) is 2. The molecule has 0 aromatic heterocycles. The molecule has 0 amide bonds. The van der Waals surface area contributed by atoms with Crippen LogP contribution in [0.2, 0.25) is 0 Å². The molecule has 0 fully saturated rings. The van der Waals surface area contributed by atoms with Crippen molar-refractivity contribution in [3.63, 3.8) is 0 Å². The van der Waals surface area contributed by atoms with Gasteiger partial charge in [-0.05, 0) is 13.3 Å². The number of benzene rings is 1. The van der Waals surface area contributed by atoms with Crippen molar-refractivity contribution in [2.24, 2.45) is 5.92 Å². The summed E-state index contributed by atoms with van der Waals surface area (Å²) in [5.74, 6) is -0.484. The van der Waals surface area contributed by atoms with Gasteiger partial charge in [0, 0.05) is 5.56 Å². The third-order valence-corrected chi connectivity index (χ3v) is 3.71. The van der Waals surface area contributed by atoms with Crippen LogP contribution < -0.4 is 0 Å². The predicted octanol–water partition coefficient (Wildman–Crippen LogP) is 4.83. The summed E-state index contributed by atoms with van der Waals surface area (Å²) >= 11 is 0. The van der Waals surface area contributed by atoms with Gasteiger partial charge in [-0.15, -0.1) is 0 Å².